The molecule has 0 aliphatic heterocycles. The molecule has 0 fully saturated rings. The lowest BCUT2D eigenvalue weighted by atomic mass is 10.0. The van der Waals surface area contributed by atoms with E-state index in [0.717, 1.165) is 18.9 Å². The van der Waals surface area contributed by atoms with Gasteiger partial charge in [0.1, 0.15) is 5.75 Å². The summed E-state index contributed by atoms with van der Waals surface area (Å²) in [5.74, 6) is 0.941. The molecule has 1 aromatic carbocycles. The van der Waals surface area contributed by atoms with Crippen LogP contribution in [0.4, 0.5) is 0 Å². The number of benzene rings is 1. The van der Waals surface area contributed by atoms with Gasteiger partial charge in [0, 0.05) is 6.54 Å². The van der Waals surface area contributed by atoms with Crippen molar-refractivity contribution >= 4 is 0 Å². The van der Waals surface area contributed by atoms with Crippen molar-refractivity contribution in [1.82, 2.24) is 5.32 Å². The summed E-state index contributed by atoms with van der Waals surface area (Å²) in [7, 11) is 3.62. The quantitative estimate of drug-likeness (QED) is 0.749. The Labute approximate surface area is 97.8 Å². The number of methoxy groups -OCH3 is 1. The summed E-state index contributed by atoms with van der Waals surface area (Å²) in [6, 6.07) is 4.07. The molecule has 0 saturated carbocycles. The van der Waals surface area contributed by atoms with Crippen LogP contribution in [0.25, 0.3) is 0 Å². The van der Waals surface area contributed by atoms with Gasteiger partial charge in [0.05, 0.1) is 20.3 Å². The summed E-state index contributed by atoms with van der Waals surface area (Å²) in [5, 5.41) is 3.05. The van der Waals surface area contributed by atoms with Gasteiger partial charge in [0.25, 0.3) is 0 Å². The Kier molecular flexibility index (Phi) is 5.29. The highest BCUT2D eigenvalue weighted by Gasteiger charge is 2.06. The molecular formula is C13H21NO2. The zero-order chi connectivity index (χ0) is 12.0. The molecule has 0 spiro atoms. The molecule has 0 bridgehead atoms. The van der Waals surface area contributed by atoms with Crippen LogP contribution in [0.2, 0.25) is 0 Å². The van der Waals surface area contributed by atoms with Gasteiger partial charge in [-0.1, -0.05) is 6.07 Å². The Balaban J connectivity index is 2.64. The third kappa shape index (κ3) is 3.22. The zero-order valence-corrected chi connectivity index (χ0v) is 10.6. The van der Waals surface area contributed by atoms with Crippen LogP contribution >= 0.6 is 0 Å². The predicted molar refractivity (Wildman–Crippen MR) is 66.1 cm³/mol. The molecule has 3 heteroatoms. The number of likely N-dealkylation sites (N-methyl/N-ethyl adjacent to an activating group) is 1. The minimum absolute atomic E-state index is 0.665. The topological polar surface area (TPSA) is 30.5 Å². The van der Waals surface area contributed by atoms with Crippen LogP contribution in [0, 0.1) is 13.8 Å². The molecule has 0 heterocycles. The van der Waals surface area contributed by atoms with E-state index < -0.39 is 0 Å². The standard InChI is InChI=1S/C13H21NO2/c1-10-11(2)13(15-4)6-5-12(10)9-16-8-7-14-3/h5-6,14H,7-9H2,1-4H3. The molecule has 0 unspecified atom stereocenters. The van der Waals surface area contributed by atoms with Gasteiger partial charge in [0.15, 0.2) is 0 Å². The van der Waals surface area contributed by atoms with E-state index in [4.69, 9.17) is 9.47 Å². The van der Waals surface area contributed by atoms with Crippen molar-refractivity contribution in [2.24, 2.45) is 0 Å². The summed E-state index contributed by atoms with van der Waals surface area (Å²) in [5.41, 5.74) is 3.68. The molecule has 0 atom stereocenters. The number of nitrogens with one attached hydrogen (secondary N) is 1. The highest BCUT2D eigenvalue weighted by Crippen LogP contribution is 2.24. The van der Waals surface area contributed by atoms with E-state index in [0.29, 0.717) is 6.61 Å². The lowest BCUT2D eigenvalue weighted by Gasteiger charge is -2.12. The lowest BCUT2D eigenvalue weighted by Crippen LogP contribution is -2.14. The molecule has 3 nitrogen and oxygen atoms in total. The van der Waals surface area contributed by atoms with Gasteiger partial charge in [-0.15, -0.1) is 0 Å². The second-order valence-corrected chi connectivity index (χ2v) is 3.83. The molecule has 1 N–H and O–H groups in total. The fraction of sp³-hybridized carbons (Fsp3) is 0.538. The smallest absolute Gasteiger partial charge is 0.122 e. The average molecular weight is 223 g/mol. The molecule has 90 valence electrons. The molecule has 1 aromatic rings. The summed E-state index contributed by atoms with van der Waals surface area (Å²) >= 11 is 0. The van der Waals surface area contributed by atoms with E-state index in [1.165, 1.54) is 16.7 Å². The van der Waals surface area contributed by atoms with E-state index >= 15 is 0 Å². The maximum absolute atomic E-state index is 5.57. The van der Waals surface area contributed by atoms with Crippen molar-refractivity contribution in [3.8, 4) is 5.75 Å². The van der Waals surface area contributed by atoms with Crippen LogP contribution in [0.5, 0.6) is 5.75 Å². The first kappa shape index (κ1) is 13.0. The Morgan fingerprint density at radius 2 is 1.94 bits per heavy atom. The van der Waals surface area contributed by atoms with Crippen LogP contribution in [0.3, 0.4) is 0 Å². The minimum Gasteiger partial charge on any atom is -0.496 e. The Morgan fingerprint density at radius 1 is 1.19 bits per heavy atom. The van der Waals surface area contributed by atoms with Gasteiger partial charge < -0.3 is 14.8 Å². The van der Waals surface area contributed by atoms with Crippen LogP contribution in [0.15, 0.2) is 12.1 Å². The van der Waals surface area contributed by atoms with Crippen molar-refractivity contribution in [3.05, 3.63) is 28.8 Å². The van der Waals surface area contributed by atoms with Crippen LogP contribution in [-0.4, -0.2) is 27.3 Å². The van der Waals surface area contributed by atoms with E-state index in [2.05, 4.69) is 25.2 Å². The van der Waals surface area contributed by atoms with Gasteiger partial charge in [-0.05, 0) is 43.7 Å². The van der Waals surface area contributed by atoms with Crippen molar-refractivity contribution in [3.63, 3.8) is 0 Å². The van der Waals surface area contributed by atoms with Gasteiger partial charge in [-0.25, -0.2) is 0 Å². The first-order valence-electron chi connectivity index (χ1n) is 5.56. The Bertz CT molecular complexity index is 337. The molecular weight excluding hydrogens is 202 g/mol. The average Bonchev–Trinajstić information content (AvgIpc) is 2.30. The third-order valence-corrected chi connectivity index (χ3v) is 2.82. The van der Waals surface area contributed by atoms with Crippen LogP contribution in [0.1, 0.15) is 16.7 Å². The lowest BCUT2D eigenvalue weighted by molar-refractivity contribution is 0.123. The molecule has 1 rings (SSSR count). The normalized spacial score (nSPS) is 10.5. The van der Waals surface area contributed by atoms with E-state index in [1.807, 2.05) is 13.1 Å². The van der Waals surface area contributed by atoms with Crippen molar-refractivity contribution in [2.45, 2.75) is 20.5 Å². The maximum atomic E-state index is 5.57. The Hall–Kier alpha value is -1.06. The molecule has 0 aliphatic carbocycles. The molecule has 0 aromatic heterocycles. The summed E-state index contributed by atoms with van der Waals surface area (Å²) in [6.07, 6.45) is 0. The summed E-state index contributed by atoms with van der Waals surface area (Å²) in [6.45, 7) is 6.47. The monoisotopic (exact) mass is 223 g/mol. The number of hydrogen-bond acceptors (Lipinski definition) is 3. The summed E-state index contributed by atoms with van der Waals surface area (Å²) in [4.78, 5) is 0. The first-order chi connectivity index (χ1) is 7.70. The molecule has 0 saturated heterocycles. The molecule has 0 amide bonds. The molecule has 0 radical (unpaired) electrons. The summed E-state index contributed by atoms with van der Waals surface area (Å²) < 4.78 is 10.8. The van der Waals surface area contributed by atoms with E-state index in [9.17, 15) is 0 Å². The van der Waals surface area contributed by atoms with Gasteiger partial charge >= 0.3 is 0 Å². The fourth-order valence-electron chi connectivity index (χ4n) is 1.59. The van der Waals surface area contributed by atoms with E-state index in [1.54, 1.807) is 7.11 Å². The largest absolute Gasteiger partial charge is 0.496 e. The highest BCUT2D eigenvalue weighted by molar-refractivity contribution is 5.43. The van der Waals surface area contributed by atoms with Gasteiger partial charge in [-0.2, -0.15) is 0 Å². The SMILES string of the molecule is CNCCOCc1ccc(OC)c(C)c1C. The number of ether oxygens (including phenoxy) is 2. The number of rotatable bonds is 6. The van der Waals surface area contributed by atoms with Crippen molar-refractivity contribution < 1.29 is 9.47 Å². The van der Waals surface area contributed by atoms with Crippen LogP contribution < -0.4 is 10.1 Å². The predicted octanol–water partition coefficient (Wildman–Crippen LogP) is 2.05. The van der Waals surface area contributed by atoms with E-state index in [-0.39, 0.29) is 0 Å². The molecule has 0 aliphatic rings. The van der Waals surface area contributed by atoms with Gasteiger partial charge in [-0.3, -0.25) is 0 Å². The highest BCUT2D eigenvalue weighted by atomic mass is 16.5. The Morgan fingerprint density at radius 3 is 2.56 bits per heavy atom. The molecule has 16 heavy (non-hydrogen) atoms. The maximum Gasteiger partial charge on any atom is 0.122 e. The van der Waals surface area contributed by atoms with Crippen molar-refractivity contribution in [1.29, 1.82) is 0 Å². The zero-order valence-electron chi connectivity index (χ0n) is 10.6. The van der Waals surface area contributed by atoms with Crippen LogP contribution in [-0.2, 0) is 11.3 Å². The van der Waals surface area contributed by atoms with Crippen molar-refractivity contribution in [2.75, 3.05) is 27.3 Å². The second kappa shape index (κ2) is 6.51. The minimum atomic E-state index is 0.665. The number of hydrogen-bond donors (Lipinski definition) is 1. The fourth-order valence-corrected chi connectivity index (χ4v) is 1.59. The third-order valence-electron chi connectivity index (χ3n) is 2.82. The second-order valence-electron chi connectivity index (χ2n) is 3.83. The van der Waals surface area contributed by atoms with Gasteiger partial charge in [0.2, 0.25) is 0 Å². The first-order valence-corrected chi connectivity index (χ1v) is 5.56.